The first-order valence-corrected chi connectivity index (χ1v) is 6.27. The highest BCUT2D eigenvalue weighted by molar-refractivity contribution is 7.63. The molecule has 0 bridgehead atoms. The molecule has 1 saturated heterocycles. The highest BCUT2D eigenvalue weighted by atomic mass is 31.1. The summed E-state index contributed by atoms with van der Waals surface area (Å²) in [4.78, 5) is 0. The first-order valence-electron chi connectivity index (χ1n) is 4.79. The third-order valence-electron chi connectivity index (χ3n) is 2.90. The minimum Gasteiger partial charge on any atom is -0.0930 e. The van der Waals surface area contributed by atoms with Crippen LogP contribution in [0.5, 0.6) is 0 Å². The Morgan fingerprint density at radius 3 is 2.08 bits per heavy atom. The molecule has 5 radical (unpaired) electrons. The van der Waals surface area contributed by atoms with E-state index in [2.05, 4.69) is 39.5 Å². The van der Waals surface area contributed by atoms with Crippen LogP contribution in [0.3, 0.4) is 0 Å². The van der Waals surface area contributed by atoms with Gasteiger partial charge in [0.05, 0.1) is 0 Å². The topological polar surface area (TPSA) is 0 Å². The van der Waals surface area contributed by atoms with Crippen molar-refractivity contribution < 1.29 is 0 Å². The maximum absolute atomic E-state index is 2.42. The van der Waals surface area contributed by atoms with Gasteiger partial charge in [0.2, 0.25) is 0 Å². The molecule has 65 valence electrons. The molecule has 1 heterocycles. The predicted molar refractivity (Wildman–Crippen MR) is 55.5 cm³/mol. The van der Waals surface area contributed by atoms with Crippen LogP contribution < -0.4 is 0 Å². The molecule has 0 aromatic rings. The fraction of sp³-hybridized carbons (Fsp3) is 0.545. The lowest BCUT2D eigenvalue weighted by molar-refractivity contribution is 0.777. The molecule has 0 unspecified atom stereocenters. The summed E-state index contributed by atoms with van der Waals surface area (Å²) in [6.45, 7) is 4.84. The second kappa shape index (κ2) is 3.66. The van der Waals surface area contributed by atoms with E-state index in [-0.39, 0.29) is 7.92 Å². The molecule has 2 aliphatic rings. The molecule has 2 rings (SSSR count). The van der Waals surface area contributed by atoms with Gasteiger partial charge in [-0.25, -0.2) is 0 Å². The van der Waals surface area contributed by atoms with Crippen LogP contribution in [0.15, 0.2) is 0 Å². The molecule has 12 heavy (non-hydrogen) atoms. The first-order chi connectivity index (χ1) is 5.79. The van der Waals surface area contributed by atoms with Crippen LogP contribution in [0, 0.1) is 31.3 Å². The Hall–Kier alpha value is 0.430. The summed E-state index contributed by atoms with van der Waals surface area (Å²) >= 11 is 0. The molecule has 0 N–H and O–H groups in total. The van der Waals surface area contributed by atoms with E-state index in [0.29, 0.717) is 0 Å². The monoisotopic (exact) mass is 179 g/mol. The molecule has 0 amide bonds. The lowest BCUT2D eigenvalue weighted by Gasteiger charge is -2.26. The standard InChI is InChI=1S/C11H16P/c1-9-7-8-10(2)12(9)11-5-3-4-6-11/h3-6,9-10H,7-8H2,1-2H3/t9-,10-/m0/s1. The minimum atomic E-state index is 0.174. The molecule has 2 fully saturated rings. The molecule has 2 atom stereocenters. The van der Waals surface area contributed by atoms with Gasteiger partial charge in [-0.15, -0.1) is 0 Å². The molecule has 1 saturated carbocycles. The van der Waals surface area contributed by atoms with Crippen LogP contribution in [0.25, 0.3) is 0 Å². The van der Waals surface area contributed by atoms with Gasteiger partial charge in [0.25, 0.3) is 0 Å². The van der Waals surface area contributed by atoms with Crippen molar-refractivity contribution in [3.63, 3.8) is 0 Å². The molecule has 0 aromatic heterocycles. The summed E-state index contributed by atoms with van der Waals surface area (Å²) in [5.41, 5.74) is 3.54. The van der Waals surface area contributed by atoms with Crippen LogP contribution in [0.4, 0.5) is 0 Å². The minimum absolute atomic E-state index is 0.174. The Balaban J connectivity index is 1.99. The van der Waals surface area contributed by atoms with Crippen LogP contribution >= 0.6 is 7.92 Å². The van der Waals surface area contributed by atoms with Gasteiger partial charge in [0.15, 0.2) is 0 Å². The highest BCUT2D eigenvalue weighted by Gasteiger charge is 2.37. The zero-order valence-electron chi connectivity index (χ0n) is 7.83. The summed E-state index contributed by atoms with van der Waals surface area (Å²) < 4.78 is 0. The second-order valence-electron chi connectivity index (χ2n) is 3.83. The van der Waals surface area contributed by atoms with Crippen molar-refractivity contribution in [2.24, 2.45) is 0 Å². The van der Waals surface area contributed by atoms with E-state index >= 15 is 0 Å². The van der Waals surface area contributed by atoms with Crippen LogP contribution in [0.2, 0.25) is 0 Å². The average molecular weight is 179 g/mol. The van der Waals surface area contributed by atoms with Crippen LogP contribution in [0.1, 0.15) is 26.7 Å². The average Bonchev–Trinajstić information content (AvgIpc) is 2.61. The third-order valence-corrected chi connectivity index (χ3v) is 6.21. The SMILES string of the molecule is C[C@H]1CC[C@H](C)P1[C]1[CH][CH][CH][CH]1. The second-order valence-corrected chi connectivity index (χ2v) is 6.92. The van der Waals surface area contributed by atoms with Gasteiger partial charge in [-0.05, 0) is 49.8 Å². The normalized spacial score (nSPS) is 39.5. The quantitative estimate of drug-likeness (QED) is 0.541. The molecule has 1 aliphatic heterocycles. The van der Waals surface area contributed by atoms with E-state index < -0.39 is 0 Å². The van der Waals surface area contributed by atoms with Crippen LogP contribution in [-0.4, -0.2) is 11.3 Å². The van der Waals surface area contributed by atoms with E-state index in [4.69, 9.17) is 0 Å². The zero-order valence-corrected chi connectivity index (χ0v) is 8.72. The largest absolute Gasteiger partial charge is 0.0930 e. The zero-order chi connectivity index (χ0) is 8.55. The van der Waals surface area contributed by atoms with Gasteiger partial charge in [0.1, 0.15) is 0 Å². The van der Waals surface area contributed by atoms with Crippen molar-refractivity contribution in [1.82, 2.24) is 0 Å². The number of hydrogen-bond donors (Lipinski definition) is 0. The lowest BCUT2D eigenvalue weighted by atomic mass is 10.2. The van der Waals surface area contributed by atoms with Crippen molar-refractivity contribution in [2.75, 3.05) is 0 Å². The third kappa shape index (κ3) is 1.55. The molecule has 1 heteroatoms. The maximum Gasteiger partial charge on any atom is 0.00801 e. The smallest absolute Gasteiger partial charge is 0.00801 e. The Labute approximate surface area is 77.9 Å². The van der Waals surface area contributed by atoms with Crippen molar-refractivity contribution in [1.29, 1.82) is 0 Å². The fourth-order valence-corrected chi connectivity index (χ4v) is 5.50. The van der Waals surface area contributed by atoms with Crippen molar-refractivity contribution >= 4 is 7.92 Å². The van der Waals surface area contributed by atoms with E-state index in [1.807, 2.05) is 0 Å². The summed E-state index contributed by atoms with van der Waals surface area (Å²) in [5.74, 6) is 0. The van der Waals surface area contributed by atoms with Gasteiger partial charge in [-0.3, -0.25) is 0 Å². The summed E-state index contributed by atoms with van der Waals surface area (Å²) in [6, 6.07) is 0. The summed E-state index contributed by atoms with van der Waals surface area (Å²) in [7, 11) is 0.174. The van der Waals surface area contributed by atoms with E-state index in [9.17, 15) is 0 Å². The summed E-state index contributed by atoms with van der Waals surface area (Å²) in [5, 5.41) is 0. The number of hydrogen-bond acceptors (Lipinski definition) is 0. The van der Waals surface area contributed by atoms with Crippen molar-refractivity contribution in [2.45, 2.75) is 38.0 Å². The van der Waals surface area contributed by atoms with E-state index in [1.165, 1.54) is 12.8 Å². The van der Waals surface area contributed by atoms with Gasteiger partial charge in [0, 0.05) is 5.66 Å². The van der Waals surface area contributed by atoms with Gasteiger partial charge < -0.3 is 0 Å². The van der Waals surface area contributed by atoms with Gasteiger partial charge >= 0.3 is 0 Å². The molecule has 1 aliphatic carbocycles. The van der Waals surface area contributed by atoms with E-state index in [1.54, 1.807) is 5.66 Å². The Morgan fingerprint density at radius 1 is 1.08 bits per heavy atom. The van der Waals surface area contributed by atoms with E-state index in [0.717, 1.165) is 11.3 Å². The molecule has 0 aromatic carbocycles. The molecular formula is C11H16P. The van der Waals surface area contributed by atoms with Gasteiger partial charge in [-0.2, -0.15) is 0 Å². The van der Waals surface area contributed by atoms with Gasteiger partial charge in [-0.1, -0.05) is 21.8 Å². The lowest BCUT2D eigenvalue weighted by Crippen LogP contribution is -2.03. The van der Waals surface area contributed by atoms with Crippen LogP contribution in [-0.2, 0) is 0 Å². The van der Waals surface area contributed by atoms with Crippen molar-refractivity contribution in [3.05, 3.63) is 31.3 Å². The molecule has 0 spiro atoms. The Morgan fingerprint density at radius 2 is 1.58 bits per heavy atom. The van der Waals surface area contributed by atoms with Crippen molar-refractivity contribution in [3.8, 4) is 0 Å². The molecular weight excluding hydrogens is 163 g/mol. The molecule has 0 nitrogen and oxygen atoms in total. The summed E-state index contributed by atoms with van der Waals surface area (Å²) in [6.07, 6.45) is 11.9. The Bertz CT molecular complexity index is 139. The highest BCUT2D eigenvalue weighted by Crippen LogP contribution is 2.65. The first kappa shape index (κ1) is 9.00. The maximum atomic E-state index is 2.42. The fourth-order valence-electron chi connectivity index (χ4n) is 2.24. The Kier molecular flexibility index (Phi) is 2.75. The number of rotatable bonds is 1. The predicted octanol–water partition coefficient (Wildman–Crippen LogP) is 3.40.